The highest BCUT2D eigenvalue weighted by atomic mass is 19.4. The molecule has 1 saturated heterocycles. The normalized spacial score (nSPS) is 16.6. The van der Waals surface area contributed by atoms with E-state index in [0.717, 1.165) is 16.9 Å². The van der Waals surface area contributed by atoms with Crippen molar-refractivity contribution in [2.24, 2.45) is 0 Å². The molecule has 11 heteroatoms. The largest absolute Gasteiger partial charge is 0.417 e. The molecule has 1 fully saturated rings. The van der Waals surface area contributed by atoms with Crippen molar-refractivity contribution in [1.29, 1.82) is 0 Å². The number of alkyl halides is 3. The van der Waals surface area contributed by atoms with Crippen LogP contribution in [0.5, 0.6) is 0 Å². The van der Waals surface area contributed by atoms with E-state index < -0.39 is 41.4 Å². The Hall–Kier alpha value is -3.24. The predicted octanol–water partition coefficient (Wildman–Crippen LogP) is 4.25. The van der Waals surface area contributed by atoms with E-state index in [0.29, 0.717) is 30.9 Å². The summed E-state index contributed by atoms with van der Waals surface area (Å²) in [5.41, 5.74) is -0.264. The highest BCUT2D eigenvalue weighted by Crippen LogP contribution is 2.32. The first-order valence-electron chi connectivity index (χ1n) is 10.2. The lowest BCUT2D eigenvalue weighted by Crippen LogP contribution is -2.41. The average molecular weight is 453 g/mol. The zero-order chi connectivity index (χ0) is 23.5. The van der Waals surface area contributed by atoms with Crippen LogP contribution in [0, 0.1) is 5.82 Å². The number of carbonyl (C=O) groups excluding carboxylic acids is 2. The fraction of sp³-hybridized carbons (Fsp3) is 0.429. The lowest BCUT2D eigenvalue weighted by molar-refractivity contribution is -0.138. The number of amides is 3. The first-order chi connectivity index (χ1) is 15.1. The molecule has 0 unspecified atom stereocenters. The van der Waals surface area contributed by atoms with Gasteiger partial charge in [-0.05, 0) is 36.6 Å². The molecule has 2 aromatic rings. The Morgan fingerprint density at radius 2 is 2.00 bits per heavy atom. The van der Waals surface area contributed by atoms with Crippen LogP contribution in [0.3, 0.4) is 0 Å². The number of pyridine rings is 2. The van der Waals surface area contributed by atoms with Gasteiger partial charge < -0.3 is 10.2 Å². The Balaban J connectivity index is 1.78. The standard InChI is InChI=1S/C21H23F4N5O2/c1-3-5-15-11-30(19-16(22)9-14(10-27-19)21(23,24)25)20(32)29(15)12-18(31)28-17-8-13(4-2)6-7-26-17/h6-10,15H,3-5,11-12H2,1-2H3,(H,26,28,31)/t15-/m0/s1. The Kier molecular flexibility index (Phi) is 6.95. The first kappa shape index (κ1) is 23.4. The van der Waals surface area contributed by atoms with Crippen molar-refractivity contribution in [3.63, 3.8) is 0 Å². The topological polar surface area (TPSA) is 78.4 Å². The Labute approximate surface area is 182 Å². The van der Waals surface area contributed by atoms with Crippen LogP contribution in [0.1, 0.15) is 37.8 Å². The molecule has 7 nitrogen and oxygen atoms in total. The van der Waals surface area contributed by atoms with Gasteiger partial charge in [-0.3, -0.25) is 9.69 Å². The summed E-state index contributed by atoms with van der Waals surface area (Å²) in [6, 6.07) is 2.74. The van der Waals surface area contributed by atoms with Crippen LogP contribution in [0.25, 0.3) is 0 Å². The summed E-state index contributed by atoms with van der Waals surface area (Å²) >= 11 is 0. The van der Waals surface area contributed by atoms with Gasteiger partial charge in [0.15, 0.2) is 11.6 Å². The monoisotopic (exact) mass is 453 g/mol. The van der Waals surface area contributed by atoms with E-state index in [4.69, 9.17) is 0 Å². The number of aryl methyl sites for hydroxylation is 1. The van der Waals surface area contributed by atoms with Crippen LogP contribution in [-0.2, 0) is 17.4 Å². The molecule has 32 heavy (non-hydrogen) atoms. The van der Waals surface area contributed by atoms with Crippen molar-refractivity contribution in [3.05, 3.63) is 47.5 Å². The van der Waals surface area contributed by atoms with Crippen molar-refractivity contribution < 1.29 is 27.2 Å². The molecule has 1 N–H and O–H groups in total. The molecule has 1 aliphatic rings. The lowest BCUT2D eigenvalue weighted by atomic mass is 10.1. The number of halogens is 4. The highest BCUT2D eigenvalue weighted by Gasteiger charge is 2.41. The van der Waals surface area contributed by atoms with Crippen LogP contribution in [-0.4, -0.2) is 45.9 Å². The second-order valence-corrected chi connectivity index (χ2v) is 7.44. The van der Waals surface area contributed by atoms with Gasteiger partial charge in [-0.25, -0.2) is 19.2 Å². The van der Waals surface area contributed by atoms with Crippen molar-refractivity contribution in [3.8, 4) is 0 Å². The number of hydrogen-bond acceptors (Lipinski definition) is 4. The molecule has 1 atom stereocenters. The third-order valence-electron chi connectivity index (χ3n) is 5.15. The molecule has 1 aliphatic heterocycles. The molecule has 3 heterocycles. The van der Waals surface area contributed by atoms with Gasteiger partial charge in [-0.15, -0.1) is 0 Å². The minimum Gasteiger partial charge on any atom is -0.310 e. The molecule has 3 rings (SSSR count). The first-order valence-corrected chi connectivity index (χ1v) is 10.2. The molecule has 0 saturated carbocycles. The smallest absolute Gasteiger partial charge is 0.310 e. The number of rotatable bonds is 7. The third kappa shape index (κ3) is 5.14. The lowest BCUT2D eigenvalue weighted by Gasteiger charge is -2.22. The summed E-state index contributed by atoms with van der Waals surface area (Å²) in [5.74, 6) is -1.89. The van der Waals surface area contributed by atoms with Crippen molar-refractivity contribution >= 4 is 23.6 Å². The van der Waals surface area contributed by atoms with E-state index >= 15 is 0 Å². The minimum absolute atomic E-state index is 0.0127. The molecule has 2 aromatic heterocycles. The summed E-state index contributed by atoms with van der Waals surface area (Å²) in [6.07, 6.45) is -0.721. The van der Waals surface area contributed by atoms with E-state index in [-0.39, 0.29) is 13.1 Å². The maximum Gasteiger partial charge on any atom is 0.417 e. The van der Waals surface area contributed by atoms with Crippen LogP contribution >= 0.6 is 0 Å². The Morgan fingerprint density at radius 3 is 2.62 bits per heavy atom. The van der Waals surface area contributed by atoms with Gasteiger partial charge in [0.05, 0.1) is 11.6 Å². The average Bonchev–Trinajstić information content (AvgIpc) is 3.03. The van der Waals surface area contributed by atoms with Crippen LogP contribution in [0.15, 0.2) is 30.6 Å². The summed E-state index contributed by atoms with van der Waals surface area (Å²) in [7, 11) is 0. The molecule has 3 amide bonds. The second-order valence-electron chi connectivity index (χ2n) is 7.44. The predicted molar refractivity (Wildman–Crippen MR) is 110 cm³/mol. The number of aromatic nitrogens is 2. The molecule has 172 valence electrons. The van der Waals surface area contributed by atoms with E-state index in [1.807, 2.05) is 19.9 Å². The molecule has 0 radical (unpaired) electrons. The molecule has 0 aliphatic carbocycles. The summed E-state index contributed by atoms with van der Waals surface area (Å²) in [5, 5.41) is 2.64. The van der Waals surface area contributed by atoms with Gasteiger partial charge in [0.1, 0.15) is 12.4 Å². The Morgan fingerprint density at radius 1 is 1.25 bits per heavy atom. The number of nitrogens with one attached hydrogen (secondary N) is 1. The highest BCUT2D eigenvalue weighted by molar-refractivity contribution is 5.99. The third-order valence-corrected chi connectivity index (χ3v) is 5.15. The number of nitrogens with zero attached hydrogens (tertiary/aromatic N) is 4. The van der Waals surface area contributed by atoms with Crippen molar-refractivity contribution in [2.75, 3.05) is 23.3 Å². The maximum atomic E-state index is 14.4. The quantitative estimate of drug-likeness (QED) is 0.636. The van der Waals surface area contributed by atoms with Crippen LogP contribution < -0.4 is 10.2 Å². The molecule has 0 spiro atoms. The second kappa shape index (κ2) is 9.49. The van der Waals surface area contributed by atoms with E-state index in [1.165, 1.54) is 4.90 Å². The van der Waals surface area contributed by atoms with Crippen molar-refractivity contribution in [1.82, 2.24) is 14.9 Å². The summed E-state index contributed by atoms with van der Waals surface area (Å²) < 4.78 is 52.8. The zero-order valence-corrected chi connectivity index (χ0v) is 17.6. The van der Waals surface area contributed by atoms with E-state index in [2.05, 4.69) is 15.3 Å². The van der Waals surface area contributed by atoms with Gasteiger partial charge in [0.2, 0.25) is 5.91 Å². The fourth-order valence-electron chi connectivity index (χ4n) is 3.54. The van der Waals surface area contributed by atoms with E-state index in [1.54, 1.807) is 12.3 Å². The number of anilines is 2. The van der Waals surface area contributed by atoms with E-state index in [9.17, 15) is 27.2 Å². The summed E-state index contributed by atoms with van der Waals surface area (Å²) in [6.45, 7) is 3.56. The van der Waals surface area contributed by atoms with Crippen LogP contribution in [0.2, 0.25) is 0 Å². The molecule has 0 bridgehead atoms. The zero-order valence-electron chi connectivity index (χ0n) is 17.6. The van der Waals surface area contributed by atoms with Gasteiger partial charge in [0.25, 0.3) is 0 Å². The van der Waals surface area contributed by atoms with Gasteiger partial charge in [-0.1, -0.05) is 20.3 Å². The number of urea groups is 1. The Bertz CT molecular complexity index is 998. The molecular weight excluding hydrogens is 430 g/mol. The van der Waals surface area contributed by atoms with Gasteiger partial charge in [-0.2, -0.15) is 13.2 Å². The molecular formula is C21H23F4N5O2. The minimum atomic E-state index is -4.75. The van der Waals surface area contributed by atoms with Gasteiger partial charge in [0, 0.05) is 18.9 Å². The number of carbonyl (C=O) groups is 2. The SMILES string of the molecule is CCC[C@H]1CN(c2ncc(C(F)(F)F)cc2F)C(=O)N1CC(=O)Nc1cc(CC)ccn1. The number of hydrogen-bond donors (Lipinski definition) is 1. The fourth-order valence-corrected chi connectivity index (χ4v) is 3.54. The van der Waals surface area contributed by atoms with Crippen LogP contribution in [0.4, 0.5) is 34.0 Å². The molecule has 0 aromatic carbocycles. The maximum absolute atomic E-state index is 14.4. The summed E-state index contributed by atoms with van der Waals surface area (Å²) in [4.78, 5) is 35.4. The van der Waals surface area contributed by atoms with Crippen molar-refractivity contribution in [2.45, 2.75) is 45.3 Å². The van der Waals surface area contributed by atoms with Gasteiger partial charge >= 0.3 is 12.2 Å².